The molecule has 3 fully saturated rings. The Morgan fingerprint density at radius 1 is 1.23 bits per heavy atom. The summed E-state index contributed by atoms with van der Waals surface area (Å²) in [4.78, 5) is 2.63. The highest BCUT2D eigenvalue weighted by Gasteiger charge is 2.41. The minimum atomic E-state index is 0.528. The summed E-state index contributed by atoms with van der Waals surface area (Å²) >= 11 is 0. The molecule has 0 aromatic heterocycles. The summed E-state index contributed by atoms with van der Waals surface area (Å²) in [5.41, 5.74) is 0. The van der Waals surface area contributed by atoms with Gasteiger partial charge in [0.2, 0.25) is 0 Å². The Bertz CT molecular complexity index is 152. The van der Waals surface area contributed by atoms with Gasteiger partial charge >= 0.3 is 0 Å². The number of hydrogen-bond acceptors (Lipinski definition) is 3. The Labute approximate surface area is 79.4 Å². The molecule has 1 N–H and O–H groups in total. The predicted molar refractivity (Wildman–Crippen MR) is 50.7 cm³/mol. The van der Waals surface area contributed by atoms with Crippen LogP contribution in [0.1, 0.15) is 19.3 Å². The van der Waals surface area contributed by atoms with Crippen molar-refractivity contribution in [1.29, 1.82) is 0 Å². The molecular weight excluding hydrogens is 164 g/mol. The molecule has 3 rings (SSSR count). The summed E-state index contributed by atoms with van der Waals surface area (Å²) in [5, 5.41) is 3.63. The van der Waals surface area contributed by atoms with Crippen LogP contribution in [0, 0.1) is 0 Å². The molecule has 0 spiro atoms. The van der Waals surface area contributed by atoms with Crippen LogP contribution in [0.4, 0.5) is 0 Å². The third kappa shape index (κ3) is 1.30. The van der Waals surface area contributed by atoms with E-state index in [-0.39, 0.29) is 0 Å². The molecule has 0 unspecified atom stereocenters. The van der Waals surface area contributed by atoms with Gasteiger partial charge in [-0.05, 0) is 19.3 Å². The van der Waals surface area contributed by atoms with Gasteiger partial charge in [-0.15, -0.1) is 0 Å². The van der Waals surface area contributed by atoms with E-state index < -0.39 is 0 Å². The van der Waals surface area contributed by atoms with E-state index in [9.17, 15) is 0 Å². The Kier molecular flexibility index (Phi) is 2.04. The van der Waals surface area contributed by atoms with E-state index in [1.807, 2.05) is 0 Å². The van der Waals surface area contributed by atoms with Crippen molar-refractivity contribution in [3.05, 3.63) is 0 Å². The maximum atomic E-state index is 5.84. The molecule has 0 aromatic carbocycles. The first-order valence-electron chi connectivity index (χ1n) is 5.54. The van der Waals surface area contributed by atoms with Crippen molar-refractivity contribution in [2.45, 2.75) is 37.5 Å². The molecule has 0 amide bonds. The monoisotopic (exact) mass is 182 g/mol. The quantitative estimate of drug-likeness (QED) is 0.579. The molecule has 1 aliphatic carbocycles. The molecule has 0 aromatic rings. The number of nitrogens with zero attached hydrogens (tertiary/aromatic N) is 1. The molecular formula is C10H18N2O. The van der Waals surface area contributed by atoms with Crippen molar-refractivity contribution in [1.82, 2.24) is 10.2 Å². The van der Waals surface area contributed by atoms with E-state index >= 15 is 0 Å². The van der Waals surface area contributed by atoms with E-state index in [1.54, 1.807) is 0 Å². The summed E-state index contributed by atoms with van der Waals surface area (Å²) in [6.45, 7) is 4.50. The third-order valence-corrected chi connectivity index (χ3v) is 3.73. The average Bonchev–Trinajstić information content (AvgIpc) is 2.19. The zero-order valence-corrected chi connectivity index (χ0v) is 8.04. The minimum absolute atomic E-state index is 0.528. The highest BCUT2D eigenvalue weighted by Crippen LogP contribution is 2.30. The van der Waals surface area contributed by atoms with Gasteiger partial charge in [-0.1, -0.05) is 0 Å². The lowest BCUT2D eigenvalue weighted by Crippen LogP contribution is -2.67. The number of ether oxygens (including phenoxy) is 1. The van der Waals surface area contributed by atoms with E-state index in [2.05, 4.69) is 10.2 Å². The van der Waals surface area contributed by atoms with Crippen LogP contribution in [0.5, 0.6) is 0 Å². The van der Waals surface area contributed by atoms with Crippen molar-refractivity contribution in [2.75, 3.05) is 26.2 Å². The normalized spacial score (nSPS) is 45.7. The second kappa shape index (κ2) is 3.23. The van der Waals surface area contributed by atoms with E-state index in [0.29, 0.717) is 18.2 Å². The van der Waals surface area contributed by atoms with Gasteiger partial charge in [0, 0.05) is 25.7 Å². The molecule has 13 heavy (non-hydrogen) atoms. The smallest absolute Gasteiger partial charge is 0.0746 e. The van der Waals surface area contributed by atoms with E-state index in [0.717, 1.165) is 13.2 Å². The number of nitrogens with one attached hydrogen (secondary N) is 1. The Morgan fingerprint density at radius 2 is 2.23 bits per heavy atom. The molecule has 3 heteroatoms. The maximum absolute atomic E-state index is 5.84. The van der Waals surface area contributed by atoms with Crippen LogP contribution in [0.25, 0.3) is 0 Å². The fourth-order valence-corrected chi connectivity index (χ4v) is 3.16. The van der Waals surface area contributed by atoms with Crippen LogP contribution < -0.4 is 5.32 Å². The molecule has 3 nitrogen and oxygen atoms in total. The van der Waals surface area contributed by atoms with Crippen molar-refractivity contribution in [2.24, 2.45) is 0 Å². The Hall–Kier alpha value is -0.120. The highest BCUT2D eigenvalue weighted by molar-refractivity contribution is 4.99. The van der Waals surface area contributed by atoms with Crippen molar-refractivity contribution < 1.29 is 4.74 Å². The Balaban J connectivity index is 1.82. The maximum Gasteiger partial charge on any atom is 0.0746 e. The first-order chi connectivity index (χ1) is 6.45. The third-order valence-electron chi connectivity index (χ3n) is 3.73. The van der Waals surface area contributed by atoms with Crippen LogP contribution in [0.2, 0.25) is 0 Å². The Morgan fingerprint density at radius 3 is 3.23 bits per heavy atom. The van der Waals surface area contributed by atoms with Gasteiger partial charge in [-0.3, -0.25) is 4.90 Å². The molecule has 0 radical (unpaired) electrons. The second-order valence-electron chi connectivity index (χ2n) is 4.43. The number of piperazine rings is 1. The van der Waals surface area contributed by atoms with Crippen molar-refractivity contribution in [3.63, 3.8) is 0 Å². The first-order valence-corrected chi connectivity index (χ1v) is 5.54. The van der Waals surface area contributed by atoms with E-state index in [1.165, 1.54) is 32.4 Å². The highest BCUT2D eigenvalue weighted by atomic mass is 16.5. The number of hydrogen-bond donors (Lipinski definition) is 1. The summed E-state index contributed by atoms with van der Waals surface area (Å²) in [5.74, 6) is 0. The summed E-state index contributed by atoms with van der Waals surface area (Å²) in [6, 6.07) is 1.41. The van der Waals surface area contributed by atoms with Gasteiger partial charge in [-0.2, -0.15) is 0 Å². The van der Waals surface area contributed by atoms with Gasteiger partial charge in [0.15, 0.2) is 0 Å². The number of rotatable bonds is 0. The standard InChI is InChI=1S/C10H18N2O/c1-2-8-10-9(3-1)13-7-6-12(10)5-4-11-8/h8-11H,1-7H2/t8-,9-,10-/m1/s1. The van der Waals surface area contributed by atoms with Crippen LogP contribution in [-0.4, -0.2) is 49.3 Å². The fraction of sp³-hybridized carbons (Fsp3) is 1.00. The van der Waals surface area contributed by atoms with Crippen LogP contribution in [0.15, 0.2) is 0 Å². The molecule has 2 heterocycles. The van der Waals surface area contributed by atoms with Gasteiger partial charge in [-0.25, -0.2) is 0 Å². The fourth-order valence-electron chi connectivity index (χ4n) is 3.16. The lowest BCUT2D eigenvalue weighted by Gasteiger charge is -2.51. The molecule has 0 bridgehead atoms. The topological polar surface area (TPSA) is 24.5 Å². The van der Waals surface area contributed by atoms with Crippen molar-refractivity contribution in [3.8, 4) is 0 Å². The zero-order valence-electron chi connectivity index (χ0n) is 8.04. The second-order valence-corrected chi connectivity index (χ2v) is 4.43. The van der Waals surface area contributed by atoms with Crippen LogP contribution >= 0.6 is 0 Å². The van der Waals surface area contributed by atoms with Gasteiger partial charge in [0.25, 0.3) is 0 Å². The predicted octanol–water partition coefficient (Wildman–Crippen LogP) is 0.211. The van der Waals surface area contributed by atoms with Gasteiger partial charge in [0.05, 0.1) is 18.8 Å². The van der Waals surface area contributed by atoms with Crippen LogP contribution in [0.3, 0.4) is 0 Å². The zero-order chi connectivity index (χ0) is 8.67. The molecule has 3 atom stereocenters. The number of morpholine rings is 1. The lowest BCUT2D eigenvalue weighted by molar-refractivity contribution is -0.109. The summed E-state index contributed by atoms with van der Waals surface area (Å²) in [7, 11) is 0. The molecule has 3 aliphatic rings. The minimum Gasteiger partial charge on any atom is -0.375 e. The largest absolute Gasteiger partial charge is 0.375 e. The molecule has 1 saturated carbocycles. The van der Waals surface area contributed by atoms with E-state index in [4.69, 9.17) is 4.74 Å². The lowest BCUT2D eigenvalue weighted by atomic mass is 9.84. The van der Waals surface area contributed by atoms with Gasteiger partial charge in [0.1, 0.15) is 0 Å². The summed E-state index contributed by atoms with van der Waals surface area (Å²) in [6.07, 6.45) is 4.49. The summed E-state index contributed by atoms with van der Waals surface area (Å²) < 4.78 is 5.84. The molecule has 74 valence electrons. The first kappa shape index (κ1) is 8.21. The molecule has 2 aliphatic heterocycles. The van der Waals surface area contributed by atoms with Gasteiger partial charge < -0.3 is 10.1 Å². The molecule has 2 saturated heterocycles. The average molecular weight is 182 g/mol. The van der Waals surface area contributed by atoms with Crippen molar-refractivity contribution >= 4 is 0 Å². The SMILES string of the molecule is C1C[C@H]2NCCN3CCO[C@H](C1)[C@@H]23. The van der Waals surface area contributed by atoms with Crippen LogP contribution in [-0.2, 0) is 4.74 Å².